The Hall–Kier alpha value is -1.86. The molecule has 344 valence electrons. The van der Waals surface area contributed by atoms with Gasteiger partial charge in [0.15, 0.2) is 25.2 Å². The Morgan fingerprint density at radius 3 is 1.66 bits per heavy atom. The van der Waals surface area contributed by atoms with Crippen molar-refractivity contribution in [2.24, 2.45) is 5.92 Å². The van der Waals surface area contributed by atoms with E-state index in [0.29, 0.717) is 6.42 Å². The van der Waals surface area contributed by atoms with Gasteiger partial charge in [-0.25, -0.2) is 4.79 Å². The van der Waals surface area contributed by atoms with Crippen molar-refractivity contribution in [3.8, 4) is 0 Å². The van der Waals surface area contributed by atoms with Crippen LogP contribution < -0.4 is 5.32 Å². The van der Waals surface area contributed by atoms with E-state index < -0.39 is 173 Å². The number of amides is 1. The summed E-state index contributed by atoms with van der Waals surface area (Å²) in [5.41, 5.74) is -0.836. The predicted molar refractivity (Wildman–Crippen MR) is 189 cm³/mol. The lowest BCUT2D eigenvalue weighted by Crippen LogP contribution is -2.70. The smallest absolute Gasteiger partial charge is 0.329 e. The molecule has 4 saturated heterocycles. The number of aliphatic hydroxyl groups excluding tert-OH is 11. The molecule has 59 heavy (non-hydrogen) atoms. The van der Waals surface area contributed by atoms with Crippen molar-refractivity contribution >= 4 is 11.9 Å². The Morgan fingerprint density at radius 1 is 0.610 bits per heavy atom. The monoisotopic (exact) mass is 863 g/mol. The summed E-state index contributed by atoms with van der Waals surface area (Å²) in [5.74, 6) is -2.00. The van der Waals surface area contributed by atoms with E-state index in [0.717, 1.165) is 6.92 Å². The van der Waals surface area contributed by atoms with Crippen molar-refractivity contribution in [1.29, 1.82) is 0 Å². The number of hydrogen-bond acceptors (Lipinski definition) is 22. The molecule has 0 aliphatic carbocycles. The normalized spacial score (nSPS) is 43.4. The van der Waals surface area contributed by atoms with Gasteiger partial charge in [0.05, 0.1) is 32.0 Å². The summed E-state index contributed by atoms with van der Waals surface area (Å²) in [6, 6.07) is -1.67. The van der Waals surface area contributed by atoms with Gasteiger partial charge in [-0.2, -0.15) is 0 Å². The van der Waals surface area contributed by atoms with Crippen LogP contribution in [0.25, 0.3) is 0 Å². The van der Waals surface area contributed by atoms with Gasteiger partial charge in [-0.05, 0) is 26.2 Å². The van der Waals surface area contributed by atoms with Gasteiger partial charge in [-0.1, -0.05) is 13.8 Å². The fourth-order valence-corrected chi connectivity index (χ4v) is 7.62. The topological polar surface area (TPSA) is 372 Å². The second kappa shape index (κ2) is 21.5. The summed E-state index contributed by atoms with van der Waals surface area (Å²) in [5, 5.41) is 130. The molecule has 0 spiro atoms. The number of aliphatic hydroxyl groups is 11. The van der Waals surface area contributed by atoms with Crippen LogP contribution in [0.15, 0.2) is 0 Å². The third-order valence-corrected chi connectivity index (χ3v) is 10.3. The number of carboxylic acids is 1. The molecule has 1 amide bonds. The van der Waals surface area contributed by atoms with Crippen LogP contribution in [0.4, 0.5) is 0 Å². The lowest BCUT2D eigenvalue weighted by atomic mass is 9.94. The van der Waals surface area contributed by atoms with Crippen LogP contribution in [0, 0.1) is 5.92 Å². The van der Waals surface area contributed by atoms with Gasteiger partial charge < -0.3 is 109 Å². The Morgan fingerprint density at radius 2 is 1.10 bits per heavy atom. The lowest BCUT2D eigenvalue weighted by molar-refractivity contribution is -0.384. The van der Waals surface area contributed by atoms with Crippen LogP contribution in [0.2, 0.25) is 0 Å². The minimum Gasteiger partial charge on any atom is -0.480 e. The first-order valence-corrected chi connectivity index (χ1v) is 19.2. The summed E-state index contributed by atoms with van der Waals surface area (Å²) < 4.78 is 51.6. The first-order valence-electron chi connectivity index (χ1n) is 19.2. The molecule has 0 aromatic heterocycles. The van der Waals surface area contributed by atoms with E-state index in [1.807, 2.05) is 13.8 Å². The molecular weight excluding hydrogens is 802 g/mol. The first-order chi connectivity index (χ1) is 27.6. The van der Waals surface area contributed by atoms with Gasteiger partial charge in [0, 0.05) is 6.92 Å². The zero-order valence-corrected chi connectivity index (χ0v) is 33.2. The van der Waals surface area contributed by atoms with Gasteiger partial charge in [0.25, 0.3) is 0 Å². The molecule has 4 aliphatic rings. The Balaban J connectivity index is 1.63. The number of ether oxygens (including phenoxy) is 9. The second-order valence-electron chi connectivity index (χ2n) is 16.1. The minimum absolute atomic E-state index is 0.185. The van der Waals surface area contributed by atoms with E-state index in [2.05, 4.69) is 5.32 Å². The average molecular weight is 864 g/mol. The summed E-state index contributed by atoms with van der Waals surface area (Å²) in [6.07, 6.45) is -33.1. The molecule has 0 aromatic carbocycles. The zero-order valence-electron chi connectivity index (χ0n) is 33.2. The molecule has 0 aromatic rings. The van der Waals surface area contributed by atoms with E-state index in [1.165, 1.54) is 0 Å². The van der Waals surface area contributed by atoms with Crippen molar-refractivity contribution in [1.82, 2.24) is 5.32 Å². The van der Waals surface area contributed by atoms with E-state index in [1.54, 1.807) is 13.8 Å². The average Bonchev–Trinajstić information content (AvgIpc) is 3.15. The molecule has 12 unspecified atom stereocenters. The molecular formula is C35H61NO23. The molecule has 0 saturated carbocycles. The first kappa shape index (κ1) is 49.8. The number of carbonyl (C=O) groups is 2. The Labute approximate surface area is 339 Å². The molecule has 24 nitrogen and oxygen atoms in total. The van der Waals surface area contributed by atoms with Crippen molar-refractivity contribution < 1.29 is 113 Å². The van der Waals surface area contributed by atoms with Gasteiger partial charge in [-0.3, -0.25) is 4.79 Å². The van der Waals surface area contributed by atoms with E-state index in [4.69, 9.17) is 47.7 Å². The molecule has 24 heteroatoms. The van der Waals surface area contributed by atoms with E-state index in [9.17, 15) is 65.8 Å². The van der Waals surface area contributed by atoms with Crippen LogP contribution in [0.3, 0.4) is 0 Å². The molecule has 4 fully saturated rings. The lowest BCUT2D eigenvalue weighted by Gasteiger charge is -2.50. The van der Waals surface area contributed by atoms with Crippen LogP contribution in [0.5, 0.6) is 0 Å². The number of carbonyl (C=O) groups excluding carboxylic acids is 1. The maximum absolute atomic E-state index is 12.6. The number of carboxylic acid groups (broad SMARTS) is 1. The van der Waals surface area contributed by atoms with Crippen LogP contribution in [-0.4, -0.2) is 235 Å². The molecule has 4 rings (SSSR count). The van der Waals surface area contributed by atoms with Crippen molar-refractivity contribution in [3.63, 3.8) is 0 Å². The molecule has 13 N–H and O–H groups in total. The number of aliphatic carboxylic acids is 1. The highest BCUT2D eigenvalue weighted by molar-refractivity contribution is 5.73. The van der Waals surface area contributed by atoms with Gasteiger partial charge in [-0.15, -0.1) is 0 Å². The summed E-state index contributed by atoms with van der Waals surface area (Å²) in [7, 11) is 0. The number of rotatable bonds is 18. The molecule has 0 bridgehead atoms. The second-order valence-corrected chi connectivity index (χ2v) is 16.1. The fraction of sp³-hybridized carbons (Fsp3) is 0.943. The van der Waals surface area contributed by atoms with Crippen LogP contribution in [-0.2, 0) is 52.2 Å². The molecule has 20 atom stereocenters. The maximum Gasteiger partial charge on any atom is 0.329 e. The van der Waals surface area contributed by atoms with Gasteiger partial charge in [0.1, 0.15) is 104 Å². The van der Waals surface area contributed by atoms with Crippen molar-refractivity contribution in [2.75, 3.05) is 33.0 Å². The highest BCUT2D eigenvalue weighted by atomic mass is 16.8. The Bertz CT molecular complexity index is 1330. The minimum atomic E-state index is -2.07. The van der Waals surface area contributed by atoms with Crippen molar-refractivity contribution in [2.45, 2.75) is 169 Å². The highest BCUT2D eigenvalue weighted by Gasteiger charge is 2.56. The van der Waals surface area contributed by atoms with Crippen LogP contribution in [0.1, 0.15) is 41.0 Å². The SMILES string of the molecule is CC(=O)N[C@@H]1C(OC2[C@H](O)C(O[C@@H]3C(CO)OC(OC(C)(C)CC(C)C)[C@@H](O)C3O)OC(CO)[C@@H]2O)OC(COCC(=O)O)[C@@H](O)C1O[C@@H]1OC(CO)[C@H](O)C(O)C1O. The zero-order chi connectivity index (χ0) is 44.1. The van der Waals surface area contributed by atoms with Crippen molar-refractivity contribution in [3.05, 3.63) is 0 Å². The summed E-state index contributed by atoms with van der Waals surface area (Å²) in [6.45, 7) is 4.35. The molecule has 4 heterocycles. The van der Waals surface area contributed by atoms with E-state index >= 15 is 0 Å². The fourth-order valence-electron chi connectivity index (χ4n) is 7.62. The maximum atomic E-state index is 12.6. The quantitative estimate of drug-likeness (QED) is 0.0609. The summed E-state index contributed by atoms with van der Waals surface area (Å²) in [4.78, 5) is 23.8. The number of nitrogens with one attached hydrogen (secondary N) is 1. The Kier molecular flexibility index (Phi) is 18.1. The molecule has 4 aliphatic heterocycles. The predicted octanol–water partition coefficient (Wildman–Crippen LogP) is -6.65. The standard InChI is InChI=1S/C35H61NO23/c1-12(2)6-35(4,5)59-34-26(49)24(47)28(16(9-39)54-34)56-33-27(50)30(21(44)15(8-38)53-33)58-31-19(36-13(3)40)29(22(45)17(55-31)10-51-11-18(41)42)57-32-25(48)23(46)20(43)14(7-37)52-32/h12,14-17,19-34,37-39,43-50H,6-11H2,1-5H3,(H,36,40)(H,41,42)/t14?,15?,16?,17?,19-,20-,21-,22+,23?,24?,25?,26-,27-,28+,29?,30?,31?,32-,33?,34?/m0/s1. The number of hydrogen-bond donors (Lipinski definition) is 13. The van der Waals surface area contributed by atoms with Gasteiger partial charge >= 0.3 is 5.97 Å². The third kappa shape index (κ3) is 12.2. The third-order valence-electron chi connectivity index (χ3n) is 10.3. The summed E-state index contributed by atoms with van der Waals surface area (Å²) >= 11 is 0. The van der Waals surface area contributed by atoms with Gasteiger partial charge in [0.2, 0.25) is 5.91 Å². The molecule has 0 radical (unpaired) electrons. The highest BCUT2D eigenvalue weighted by Crippen LogP contribution is 2.36. The van der Waals surface area contributed by atoms with E-state index in [-0.39, 0.29) is 5.92 Å². The largest absolute Gasteiger partial charge is 0.480 e. The van der Waals surface area contributed by atoms with Crippen LogP contribution >= 0.6 is 0 Å².